The predicted octanol–water partition coefficient (Wildman–Crippen LogP) is 1.90. The highest BCUT2D eigenvalue weighted by atomic mass is 79.9. The Labute approximate surface area is 135 Å². The summed E-state index contributed by atoms with van der Waals surface area (Å²) in [4.78, 5) is 10.3. The number of nitro groups is 1. The Bertz CT molecular complexity index is 521. The molecule has 0 radical (unpaired) electrons. The molecule has 0 aromatic carbocycles. The number of fused-ring (bicyclic) bond motifs is 3. The third-order valence-corrected chi connectivity index (χ3v) is 4.22. The first-order chi connectivity index (χ1) is 10.1. The molecule has 22 heavy (non-hydrogen) atoms. The van der Waals surface area contributed by atoms with Crippen molar-refractivity contribution in [2.45, 2.75) is 70.0 Å². The van der Waals surface area contributed by atoms with E-state index < -0.39 is 47.2 Å². The predicted molar refractivity (Wildman–Crippen MR) is 76.5 cm³/mol. The van der Waals surface area contributed by atoms with Gasteiger partial charge in [0.1, 0.15) is 24.4 Å². The molecule has 1 unspecified atom stereocenters. The number of nitrogens with zero attached hydrogens (tertiary/aromatic N) is 1. The van der Waals surface area contributed by atoms with Crippen molar-refractivity contribution in [1.29, 1.82) is 0 Å². The lowest BCUT2D eigenvalue weighted by Gasteiger charge is -2.35. The summed E-state index contributed by atoms with van der Waals surface area (Å²) >= 11 is 2.91. The monoisotopic (exact) mass is 379 g/mol. The van der Waals surface area contributed by atoms with E-state index in [4.69, 9.17) is 23.7 Å². The maximum absolute atomic E-state index is 10.8. The fraction of sp³-hybridized carbons (Fsp3) is 0.846. The summed E-state index contributed by atoms with van der Waals surface area (Å²) in [5.74, 6) is -1.63. The van der Waals surface area contributed by atoms with E-state index in [0.29, 0.717) is 0 Å². The van der Waals surface area contributed by atoms with Gasteiger partial charge in [-0.15, -0.1) is 0 Å². The van der Waals surface area contributed by atoms with Gasteiger partial charge in [0.2, 0.25) is 0 Å². The number of halogens is 1. The molecule has 0 N–H and O–H groups in total. The minimum absolute atomic E-state index is 0.193. The van der Waals surface area contributed by atoms with Gasteiger partial charge in [0, 0.05) is 22.0 Å². The Balaban J connectivity index is 1.90. The molecule has 3 heterocycles. The van der Waals surface area contributed by atoms with Crippen LogP contribution in [-0.4, -0.2) is 47.2 Å². The van der Waals surface area contributed by atoms with Crippen LogP contribution in [0.15, 0.2) is 10.7 Å². The van der Waals surface area contributed by atoms with Crippen LogP contribution in [0.2, 0.25) is 0 Å². The molecular weight excluding hydrogens is 362 g/mol. The van der Waals surface area contributed by atoms with Crippen molar-refractivity contribution in [3.05, 3.63) is 20.8 Å². The normalized spacial score (nSPS) is 42.8. The summed E-state index contributed by atoms with van der Waals surface area (Å²) in [5, 5.41) is 10.8. The summed E-state index contributed by atoms with van der Waals surface area (Å²) in [6.45, 7) is 7.13. The van der Waals surface area contributed by atoms with Crippen molar-refractivity contribution in [2.75, 3.05) is 0 Å². The second kappa shape index (κ2) is 5.22. The highest BCUT2D eigenvalue weighted by Crippen LogP contribution is 2.44. The quantitative estimate of drug-likeness (QED) is 0.411. The van der Waals surface area contributed by atoms with E-state index in [1.807, 2.05) is 0 Å². The van der Waals surface area contributed by atoms with E-state index in [1.54, 1.807) is 27.7 Å². The van der Waals surface area contributed by atoms with Crippen LogP contribution in [0.3, 0.4) is 0 Å². The largest absolute Gasteiger partial charge is 0.342 e. The Morgan fingerprint density at radius 3 is 2.23 bits per heavy atom. The average molecular weight is 380 g/mol. The van der Waals surface area contributed by atoms with E-state index >= 15 is 0 Å². The smallest absolute Gasteiger partial charge is 0.309 e. The van der Waals surface area contributed by atoms with Gasteiger partial charge < -0.3 is 23.7 Å². The molecule has 0 saturated carbocycles. The SMILES string of the molecule is CC1(C)O[C@H]2OC(/C=C(\Br)[N+](=O)[O-])[C@@H]3OC(C)(C)O[C@@H]3[C@H]2O1. The molecule has 3 saturated heterocycles. The third kappa shape index (κ3) is 2.93. The van der Waals surface area contributed by atoms with Crippen molar-refractivity contribution in [2.24, 2.45) is 0 Å². The first-order valence-electron chi connectivity index (χ1n) is 6.96. The molecule has 3 aliphatic heterocycles. The zero-order chi connectivity index (χ0) is 16.3. The Morgan fingerprint density at radius 1 is 1.05 bits per heavy atom. The molecule has 9 heteroatoms. The topological polar surface area (TPSA) is 89.3 Å². The fourth-order valence-corrected chi connectivity index (χ4v) is 3.23. The molecule has 5 atom stereocenters. The molecule has 0 bridgehead atoms. The summed E-state index contributed by atoms with van der Waals surface area (Å²) in [6, 6.07) is 0. The maximum atomic E-state index is 10.8. The number of ether oxygens (including phenoxy) is 5. The molecule has 0 amide bonds. The lowest BCUT2D eigenvalue weighted by atomic mass is 9.99. The third-order valence-electron chi connectivity index (χ3n) is 3.67. The molecule has 3 aliphatic rings. The molecular formula is C13H18BrNO7. The number of hydrogen-bond donors (Lipinski definition) is 0. The molecule has 0 aromatic heterocycles. The van der Waals surface area contributed by atoms with Crippen LogP contribution < -0.4 is 0 Å². The number of rotatable bonds is 2. The minimum Gasteiger partial charge on any atom is -0.342 e. The van der Waals surface area contributed by atoms with Gasteiger partial charge in [-0.3, -0.25) is 10.1 Å². The molecule has 0 spiro atoms. The van der Waals surface area contributed by atoms with Crippen molar-refractivity contribution >= 4 is 15.9 Å². The highest BCUT2D eigenvalue weighted by molar-refractivity contribution is 9.11. The molecule has 3 fully saturated rings. The summed E-state index contributed by atoms with van der Waals surface area (Å²) in [6.07, 6.45) is -1.37. The van der Waals surface area contributed by atoms with Crippen molar-refractivity contribution in [3.63, 3.8) is 0 Å². The maximum Gasteiger partial charge on any atom is 0.309 e. The van der Waals surface area contributed by atoms with Crippen LogP contribution in [0.25, 0.3) is 0 Å². The lowest BCUT2D eigenvalue weighted by Crippen LogP contribution is -2.54. The first-order valence-corrected chi connectivity index (χ1v) is 7.76. The summed E-state index contributed by atoms with van der Waals surface area (Å²) in [7, 11) is 0. The van der Waals surface area contributed by atoms with Gasteiger partial charge in [-0.1, -0.05) is 0 Å². The Morgan fingerprint density at radius 2 is 1.59 bits per heavy atom. The molecule has 8 nitrogen and oxygen atoms in total. The summed E-state index contributed by atoms with van der Waals surface area (Å²) in [5.41, 5.74) is 0. The van der Waals surface area contributed by atoms with Gasteiger partial charge in [-0.25, -0.2) is 0 Å². The zero-order valence-corrected chi connectivity index (χ0v) is 14.2. The fourth-order valence-electron chi connectivity index (χ4n) is 2.97. The van der Waals surface area contributed by atoms with Gasteiger partial charge in [0.05, 0.1) is 4.92 Å². The molecule has 0 aromatic rings. The van der Waals surface area contributed by atoms with E-state index in [0.717, 1.165) is 0 Å². The van der Waals surface area contributed by atoms with Gasteiger partial charge in [0.15, 0.2) is 17.9 Å². The average Bonchev–Trinajstić information content (AvgIpc) is 2.84. The van der Waals surface area contributed by atoms with Crippen molar-refractivity contribution in [1.82, 2.24) is 0 Å². The van der Waals surface area contributed by atoms with Crippen LogP contribution in [-0.2, 0) is 23.7 Å². The van der Waals surface area contributed by atoms with Gasteiger partial charge >= 0.3 is 4.61 Å². The second-order valence-electron chi connectivity index (χ2n) is 6.38. The van der Waals surface area contributed by atoms with E-state index in [1.165, 1.54) is 6.08 Å². The number of hydrogen-bond acceptors (Lipinski definition) is 7. The first kappa shape index (κ1) is 16.3. The lowest BCUT2D eigenvalue weighted by molar-refractivity contribution is -0.409. The van der Waals surface area contributed by atoms with Crippen molar-refractivity contribution < 1.29 is 28.6 Å². The van der Waals surface area contributed by atoms with Crippen LogP contribution in [0.1, 0.15) is 27.7 Å². The van der Waals surface area contributed by atoms with Crippen LogP contribution in [0.5, 0.6) is 0 Å². The molecule has 3 rings (SSSR count). The second-order valence-corrected chi connectivity index (χ2v) is 7.19. The van der Waals surface area contributed by atoms with Gasteiger partial charge in [-0.2, -0.15) is 0 Å². The van der Waals surface area contributed by atoms with E-state index in [2.05, 4.69) is 15.9 Å². The van der Waals surface area contributed by atoms with Crippen molar-refractivity contribution in [3.8, 4) is 0 Å². The van der Waals surface area contributed by atoms with Crippen LogP contribution in [0.4, 0.5) is 0 Å². The van der Waals surface area contributed by atoms with E-state index in [-0.39, 0.29) is 4.61 Å². The summed E-state index contributed by atoms with van der Waals surface area (Å²) < 4.78 is 28.9. The minimum atomic E-state index is -0.823. The van der Waals surface area contributed by atoms with Gasteiger partial charge in [0.25, 0.3) is 0 Å². The molecule has 0 aliphatic carbocycles. The van der Waals surface area contributed by atoms with Crippen LogP contribution in [0, 0.1) is 10.1 Å². The van der Waals surface area contributed by atoms with E-state index in [9.17, 15) is 10.1 Å². The highest BCUT2D eigenvalue weighted by Gasteiger charge is 2.60. The Hall–Kier alpha value is -0.580. The van der Waals surface area contributed by atoms with Gasteiger partial charge in [-0.05, 0) is 27.7 Å². The van der Waals surface area contributed by atoms with Crippen LogP contribution >= 0.6 is 15.9 Å². The standard InChI is InChI=1S/C13H18BrNO7/c1-12(2)19-8-6(5-7(14)15(16)17)18-11-10(9(8)20-12)21-13(3,4)22-11/h5-6,8-11H,1-4H3/b7-5+/t6?,8-,9-,10+,11+/m0/s1. The Kier molecular flexibility index (Phi) is 3.86. The zero-order valence-electron chi connectivity index (χ0n) is 12.6. The molecule has 124 valence electrons.